The minimum absolute atomic E-state index is 0.189. The van der Waals surface area contributed by atoms with Crippen molar-refractivity contribution in [3.8, 4) is 5.75 Å². The number of aliphatic hydroxyl groups excluding tert-OH is 1. The summed E-state index contributed by atoms with van der Waals surface area (Å²) in [6.45, 7) is 5.20. The zero-order valence-corrected chi connectivity index (χ0v) is 17.5. The first-order valence-electron chi connectivity index (χ1n) is 10.2. The number of ether oxygens (including phenoxy) is 1. The number of aliphatic hydroxyl groups is 1. The highest BCUT2D eigenvalue weighted by molar-refractivity contribution is 5.82. The van der Waals surface area contributed by atoms with E-state index in [2.05, 4.69) is 10.4 Å². The smallest absolute Gasteiger partial charge is 0.228 e. The molecule has 0 aliphatic rings. The minimum atomic E-state index is -0.982. The maximum atomic E-state index is 12.7. The van der Waals surface area contributed by atoms with Crippen LogP contribution in [0.3, 0.4) is 0 Å². The Balaban J connectivity index is 1.55. The topological polar surface area (TPSA) is 76.4 Å². The van der Waals surface area contributed by atoms with Gasteiger partial charge in [-0.1, -0.05) is 42.5 Å². The molecule has 0 bridgehead atoms. The van der Waals surface area contributed by atoms with Crippen LogP contribution in [-0.2, 0) is 17.9 Å². The number of carbonyl (C=O) groups is 1. The Morgan fingerprint density at radius 2 is 1.97 bits per heavy atom. The van der Waals surface area contributed by atoms with Gasteiger partial charge in [0.05, 0.1) is 11.5 Å². The number of nitrogens with one attached hydrogen (secondary N) is 1. The van der Waals surface area contributed by atoms with Gasteiger partial charge in [-0.05, 0) is 49.6 Å². The van der Waals surface area contributed by atoms with Crippen LogP contribution in [-0.4, -0.2) is 27.3 Å². The number of hydrogen-bond acceptors (Lipinski definition) is 4. The summed E-state index contributed by atoms with van der Waals surface area (Å²) in [6.07, 6.45) is 3.43. The molecule has 2 N–H and O–H groups in total. The Labute approximate surface area is 177 Å². The van der Waals surface area contributed by atoms with Crippen molar-refractivity contribution < 1.29 is 14.6 Å². The molecule has 158 valence electrons. The highest BCUT2D eigenvalue weighted by Gasteiger charge is 2.36. The third-order valence-corrected chi connectivity index (χ3v) is 5.10. The maximum Gasteiger partial charge on any atom is 0.228 e. The molecule has 1 heterocycles. The number of hydrogen-bond donors (Lipinski definition) is 2. The van der Waals surface area contributed by atoms with E-state index >= 15 is 0 Å². The van der Waals surface area contributed by atoms with Crippen molar-refractivity contribution in [2.45, 2.75) is 39.5 Å². The molecule has 6 nitrogen and oxygen atoms in total. The van der Waals surface area contributed by atoms with Crippen LogP contribution in [0.1, 0.15) is 37.5 Å². The highest BCUT2D eigenvalue weighted by atomic mass is 16.5. The van der Waals surface area contributed by atoms with E-state index in [1.165, 1.54) is 0 Å². The van der Waals surface area contributed by atoms with Gasteiger partial charge in [0.25, 0.3) is 0 Å². The maximum absolute atomic E-state index is 12.7. The molecule has 30 heavy (non-hydrogen) atoms. The summed E-state index contributed by atoms with van der Waals surface area (Å²) >= 11 is 0. The van der Waals surface area contributed by atoms with Crippen LogP contribution in [0, 0.1) is 5.41 Å². The Morgan fingerprint density at radius 3 is 2.70 bits per heavy atom. The monoisotopic (exact) mass is 407 g/mol. The second kappa shape index (κ2) is 10.1. The molecule has 0 spiro atoms. The number of carbonyl (C=O) groups excluding carboxylic acids is 1. The second-order valence-corrected chi connectivity index (χ2v) is 7.85. The van der Waals surface area contributed by atoms with Gasteiger partial charge < -0.3 is 15.2 Å². The summed E-state index contributed by atoms with van der Waals surface area (Å²) in [6, 6.07) is 19.0. The van der Waals surface area contributed by atoms with Gasteiger partial charge in [-0.25, -0.2) is 0 Å². The van der Waals surface area contributed by atoms with E-state index in [9.17, 15) is 9.90 Å². The average molecular weight is 408 g/mol. The molecule has 3 aromatic rings. The van der Waals surface area contributed by atoms with Crippen LogP contribution in [0.25, 0.3) is 0 Å². The predicted molar refractivity (Wildman–Crippen MR) is 116 cm³/mol. The largest absolute Gasteiger partial charge is 0.489 e. The fourth-order valence-electron chi connectivity index (χ4n) is 3.16. The van der Waals surface area contributed by atoms with Crippen molar-refractivity contribution >= 4 is 5.91 Å². The van der Waals surface area contributed by atoms with Crippen LogP contribution >= 0.6 is 0 Å². The Hall–Kier alpha value is -3.12. The molecule has 1 aromatic heterocycles. The van der Waals surface area contributed by atoms with Gasteiger partial charge in [-0.15, -0.1) is 0 Å². The lowest BCUT2D eigenvalue weighted by atomic mass is 9.81. The minimum Gasteiger partial charge on any atom is -0.489 e. The van der Waals surface area contributed by atoms with Crippen molar-refractivity contribution in [3.63, 3.8) is 0 Å². The van der Waals surface area contributed by atoms with Crippen molar-refractivity contribution in [2.75, 3.05) is 6.54 Å². The average Bonchev–Trinajstić information content (AvgIpc) is 3.29. The predicted octanol–water partition coefficient (Wildman–Crippen LogP) is 3.73. The van der Waals surface area contributed by atoms with Gasteiger partial charge in [0.1, 0.15) is 12.4 Å². The fourth-order valence-corrected chi connectivity index (χ4v) is 3.16. The third-order valence-electron chi connectivity index (χ3n) is 5.10. The standard InChI is InChI=1S/C24H29N3O3/c1-24(2,23(29)25-13-7-15-27-16-8-14-26-27)22(28)20-11-6-12-21(17-20)30-18-19-9-4-3-5-10-19/h3-6,8-12,14,16-17,22,28H,7,13,15,18H2,1-2H3,(H,25,29)/t22-/m1/s1. The fraction of sp³-hybridized carbons (Fsp3) is 0.333. The molecule has 0 saturated carbocycles. The molecule has 0 aliphatic carbocycles. The van der Waals surface area contributed by atoms with E-state index in [4.69, 9.17) is 4.74 Å². The summed E-state index contributed by atoms with van der Waals surface area (Å²) in [5.41, 5.74) is 0.736. The Morgan fingerprint density at radius 1 is 1.17 bits per heavy atom. The lowest BCUT2D eigenvalue weighted by Crippen LogP contribution is -2.41. The summed E-state index contributed by atoms with van der Waals surface area (Å²) in [7, 11) is 0. The van der Waals surface area contributed by atoms with Crippen molar-refractivity contribution in [1.29, 1.82) is 0 Å². The number of rotatable bonds is 10. The molecule has 0 fully saturated rings. The number of nitrogens with zero attached hydrogens (tertiary/aromatic N) is 2. The van der Waals surface area contributed by atoms with E-state index in [-0.39, 0.29) is 5.91 Å². The quantitative estimate of drug-likeness (QED) is 0.502. The van der Waals surface area contributed by atoms with Crippen LogP contribution < -0.4 is 10.1 Å². The first-order chi connectivity index (χ1) is 14.5. The van der Waals surface area contributed by atoms with E-state index in [1.807, 2.05) is 65.5 Å². The van der Waals surface area contributed by atoms with Gasteiger partial charge in [0.2, 0.25) is 5.91 Å². The third kappa shape index (κ3) is 5.70. The summed E-state index contributed by atoms with van der Waals surface area (Å²) in [5, 5.41) is 18.0. The van der Waals surface area contributed by atoms with Crippen molar-refractivity contribution in [1.82, 2.24) is 15.1 Å². The van der Waals surface area contributed by atoms with Crippen LogP contribution in [0.5, 0.6) is 5.75 Å². The second-order valence-electron chi connectivity index (χ2n) is 7.85. The lowest BCUT2D eigenvalue weighted by Gasteiger charge is -2.29. The molecular formula is C24H29N3O3. The molecule has 1 atom stereocenters. The molecule has 0 aliphatic heterocycles. The summed E-state index contributed by atoms with van der Waals surface area (Å²) in [4.78, 5) is 12.7. The molecule has 2 aromatic carbocycles. The zero-order chi connectivity index (χ0) is 21.4. The summed E-state index contributed by atoms with van der Waals surface area (Å²) < 4.78 is 7.68. The number of aryl methyl sites for hydroxylation is 1. The van der Waals surface area contributed by atoms with E-state index in [0.717, 1.165) is 18.5 Å². The number of benzene rings is 2. The Bertz CT molecular complexity index is 924. The zero-order valence-electron chi connectivity index (χ0n) is 17.5. The first kappa shape index (κ1) is 21.6. The Kier molecular flexibility index (Phi) is 7.25. The highest BCUT2D eigenvalue weighted by Crippen LogP contribution is 2.35. The van der Waals surface area contributed by atoms with Gasteiger partial charge in [0, 0.05) is 25.5 Å². The van der Waals surface area contributed by atoms with Gasteiger partial charge in [-0.3, -0.25) is 9.48 Å². The molecule has 0 saturated heterocycles. The molecule has 3 rings (SSSR count). The molecule has 1 amide bonds. The van der Waals surface area contributed by atoms with Gasteiger partial charge in [-0.2, -0.15) is 5.10 Å². The normalized spacial score (nSPS) is 12.4. The van der Waals surface area contributed by atoms with E-state index in [1.54, 1.807) is 26.1 Å². The summed E-state index contributed by atoms with van der Waals surface area (Å²) in [5.74, 6) is 0.469. The van der Waals surface area contributed by atoms with Crippen molar-refractivity contribution in [3.05, 3.63) is 84.2 Å². The van der Waals surface area contributed by atoms with Crippen LogP contribution in [0.4, 0.5) is 0 Å². The molecular weight excluding hydrogens is 378 g/mol. The van der Waals surface area contributed by atoms with Gasteiger partial charge in [0.15, 0.2) is 0 Å². The molecule has 6 heteroatoms. The van der Waals surface area contributed by atoms with Crippen molar-refractivity contribution in [2.24, 2.45) is 5.41 Å². The molecule has 0 radical (unpaired) electrons. The van der Waals surface area contributed by atoms with Crippen LogP contribution in [0.2, 0.25) is 0 Å². The number of aromatic nitrogens is 2. The van der Waals surface area contributed by atoms with E-state index in [0.29, 0.717) is 24.5 Å². The van der Waals surface area contributed by atoms with Gasteiger partial charge >= 0.3 is 0 Å². The SMILES string of the molecule is CC(C)(C(=O)NCCCn1cccn1)[C@H](O)c1cccc(OCc2ccccc2)c1. The number of amides is 1. The van der Waals surface area contributed by atoms with E-state index < -0.39 is 11.5 Å². The molecule has 0 unspecified atom stereocenters. The first-order valence-corrected chi connectivity index (χ1v) is 10.2. The lowest BCUT2D eigenvalue weighted by molar-refractivity contribution is -0.135. The van der Waals surface area contributed by atoms with Crippen LogP contribution in [0.15, 0.2) is 73.1 Å².